The van der Waals surface area contributed by atoms with Gasteiger partial charge in [-0.1, -0.05) is 11.6 Å². The Bertz CT molecular complexity index is 667. The van der Waals surface area contributed by atoms with Gasteiger partial charge < -0.3 is 14.3 Å². The summed E-state index contributed by atoms with van der Waals surface area (Å²) in [6.07, 6.45) is 4.40. The summed E-state index contributed by atoms with van der Waals surface area (Å²) in [5.74, 6) is 1.18. The third-order valence-corrected chi connectivity index (χ3v) is 3.96. The van der Waals surface area contributed by atoms with Gasteiger partial charge in [0.15, 0.2) is 11.5 Å². The average molecular weight is 292 g/mol. The number of hydrogen-bond donors (Lipinski definition) is 0. The Balaban J connectivity index is 1.95. The molecule has 3 rings (SSSR count). The van der Waals surface area contributed by atoms with Gasteiger partial charge in [-0.15, -0.1) is 0 Å². The number of nitrogens with zero attached hydrogens (tertiary/aromatic N) is 1. The van der Waals surface area contributed by atoms with E-state index in [4.69, 9.17) is 21.1 Å². The van der Waals surface area contributed by atoms with Crippen LogP contribution < -0.4 is 9.47 Å². The van der Waals surface area contributed by atoms with Gasteiger partial charge in [-0.3, -0.25) is 4.98 Å². The molecular weight excluding hydrogens is 278 g/mol. The topological polar surface area (TPSA) is 48.4 Å². The number of carbonyl (C=O) groups is 1. The lowest BCUT2D eigenvalue weighted by molar-refractivity contribution is -0.113. The molecule has 0 saturated heterocycles. The second kappa shape index (κ2) is 4.94. The van der Waals surface area contributed by atoms with Gasteiger partial charge >= 0.3 is 0 Å². The Labute approximate surface area is 121 Å². The van der Waals surface area contributed by atoms with Crippen molar-refractivity contribution in [1.82, 2.24) is 4.98 Å². The van der Waals surface area contributed by atoms with Crippen molar-refractivity contribution in [3.63, 3.8) is 0 Å². The molecule has 1 fully saturated rings. The minimum atomic E-state index is -0.304. The Morgan fingerprint density at radius 3 is 2.85 bits per heavy atom. The van der Waals surface area contributed by atoms with Crippen molar-refractivity contribution in [2.45, 2.75) is 12.8 Å². The Morgan fingerprint density at radius 1 is 1.40 bits per heavy atom. The number of hydrogen-bond acceptors (Lipinski definition) is 4. The van der Waals surface area contributed by atoms with Gasteiger partial charge in [-0.05, 0) is 25.0 Å². The van der Waals surface area contributed by atoms with E-state index in [2.05, 4.69) is 4.98 Å². The quantitative estimate of drug-likeness (QED) is 0.793. The van der Waals surface area contributed by atoms with Gasteiger partial charge in [0, 0.05) is 17.6 Å². The third kappa shape index (κ3) is 2.31. The van der Waals surface area contributed by atoms with Crippen LogP contribution in [0.15, 0.2) is 24.4 Å². The minimum Gasteiger partial charge on any atom is -0.493 e. The van der Waals surface area contributed by atoms with Gasteiger partial charge in [0.1, 0.15) is 12.9 Å². The van der Waals surface area contributed by atoms with E-state index in [1.807, 2.05) is 0 Å². The first-order valence-corrected chi connectivity index (χ1v) is 6.77. The van der Waals surface area contributed by atoms with Crippen molar-refractivity contribution >= 4 is 28.8 Å². The molecule has 0 bridgehead atoms. The van der Waals surface area contributed by atoms with Crippen molar-refractivity contribution in [3.8, 4) is 11.5 Å². The van der Waals surface area contributed by atoms with E-state index in [1.54, 1.807) is 31.5 Å². The predicted molar refractivity (Wildman–Crippen MR) is 76.5 cm³/mol. The maximum absolute atomic E-state index is 11.0. The molecule has 20 heavy (non-hydrogen) atoms. The fourth-order valence-electron chi connectivity index (χ4n) is 2.07. The van der Waals surface area contributed by atoms with Crippen LogP contribution in [0.5, 0.6) is 11.5 Å². The fourth-order valence-corrected chi connectivity index (χ4v) is 2.28. The molecule has 0 N–H and O–H groups in total. The Hall–Kier alpha value is -1.81. The summed E-state index contributed by atoms with van der Waals surface area (Å²) >= 11 is 6.14. The lowest BCUT2D eigenvalue weighted by atomic mass is 10.1. The molecule has 1 aromatic carbocycles. The second-order valence-electron chi connectivity index (χ2n) is 5.08. The van der Waals surface area contributed by atoms with E-state index in [-0.39, 0.29) is 5.41 Å². The van der Waals surface area contributed by atoms with Gasteiger partial charge in [0.25, 0.3) is 0 Å². The number of pyridine rings is 1. The van der Waals surface area contributed by atoms with Crippen LogP contribution in [0.2, 0.25) is 5.02 Å². The maximum Gasteiger partial charge on any atom is 0.163 e. The molecule has 4 nitrogen and oxygen atoms in total. The summed E-state index contributed by atoms with van der Waals surface area (Å²) in [6, 6.07) is 5.33. The smallest absolute Gasteiger partial charge is 0.163 e. The lowest BCUT2D eigenvalue weighted by Crippen LogP contribution is -2.14. The largest absolute Gasteiger partial charge is 0.493 e. The average Bonchev–Trinajstić information content (AvgIpc) is 3.25. The van der Waals surface area contributed by atoms with Crippen molar-refractivity contribution in [1.29, 1.82) is 0 Å². The van der Waals surface area contributed by atoms with E-state index in [0.29, 0.717) is 23.1 Å². The second-order valence-corrected chi connectivity index (χ2v) is 5.49. The molecule has 1 aliphatic rings. The van der Waals surface area contributed by atoms with Crippen LogP contribution in [0, 0.1) is 5.41 Å². The molecule has 0 amide bonds. The summed E-state index contributed by atoms with van der Waals surface area (Å²) < 4.78 is 11.1. The summed E-state index contributed by atoms with van der Waals surface area (Å²) in [6.45, 7) is 0.374. The van der Waals surface area contributed by atoms with E-state index in [9.17, 15) is 4.79 Å². The summed E-state index contributed by atoms with van der Waals surface area (Å²) in [5, 5.41) is 1.43. The zero-order chi connectivity index (χ0) is 14.2. The Kier molecular flexibility index (Phi) is 3.26. The van der Waals surface area contributed by atoms with E-state index in [1.165, 1.54) is 0 Å². The van der Waals surface area contributed by atoms with Crippen LogP contribution >= 0.6 is 11.6 Å². The van der Waals surface area contributed by atoms with Crippen molar-refractivity contribution in [2.24, 2.45) is 5.41 Å². The number of rotatable bonds is 5. The zero-order valence-corrected chi connectivity index (χ0v) is 11.8. The fraction of sp³-hybridized carbons (Fsp3) is 0.333. The van der Waals surface area contributed by atoms with E-state index in [0.717, 1.165) is 30.0 Å². The molecule has 2 aromatic rings. The summed E-state index contributed by atoms with van der Waals surface area (Å²) in [5.41, 5.74) is 0.436. The zero-order valence-electron chi connectivity index (χ0n) is 11.1. The normalized spacial score (nSPS) is 15.9. The number of methoxy groups -OCH3 is 1. The van der Waals surface area contributed by atoms with Gasteiger partial charge in [-0.2, -0.15) is 0 Å². The van der Waals surface area contributed by atoms with Crippen molar-refractivity contribution in [2.75, 3.05) is 13.7 Å². The number of fused-ring (bicyclic) bond motifs is 1. The van der Waals surface area contributed by atoms with Crippen molar-refractivity contribution in [3.05, 3.63) is 29.4 Å². The van der Waals surface area contributed by atoms with Crippen molar-refractivity contribution < 1.29 is 14.3 Å². The first-order chi connectivity index (χ1) is 9.67. The number of benzene rings is 1. The van der Waals surface area contributed by atoms with Crippen LogP contribution in [0.3, 0.4) is 0 Å². The van der Waals surface area contributed by atoms with Gasteiger partial charge in [-0.25, -0.2) is 0 Å². The van der Waals surface area contributed by atoms with Crippen LogP contribution in [0.4, 0.5) is 0 Å². The lowest BCUT2D eigenvalue weighted by Gasteiger charge is -2.14. The number of aromatic nitrogens is 1. The maximum atomic E-state index is 11.0. The highest BCUT2D eigenvalue weighted by molar-refractivity contribution is 6.35. The molecular formula is C15H14ClNO3. The summed E-state index contributed by atoms with van der Waals surface area (Å²) in [4.78, 5) is 15.2. The van der Waals surface area contributed by atoms with Gasteiger partial charge in [0.05, 0.1) is 23.1 Å². The molecule has 0 unspecified atom stereocenters. The Morgan fingerprint density at radius 2 is 2.20 bits per heavy atom. The molecule has 5 heteroatoms. The SMILES string of the molecule is COc1cc2c(Cl)ccnc2cc1OCC1(C=O)CC1. The molecule has 1 heterocycles. The molecule has 1 aromatic heterocycles. The first kappa shape index (κ1) is 13.2. The van der Waals surface area contributed by atoms with E-state index < -0.39 is 0 Å². The molecule has 0 atom stereocenters. The first-order valence-electron chi connectivity index (χ1n) is 6.39. The number of ether oxygens (including phenoxy) is 2. The van der Waals surface area contributed by atoms with E-state index >= 15 is 0 Å². The van der Waals surface area contributed by atoms with Crippen LogP contribution in [-0.4, -0.2) is 25.0 Å². The highest BCUT2D eigenvalue weighted by atomic mass is 35.5. The highest BCUT2D eigenvalue weighted by Crippen LogP contribution is 2.44. The molecule has 104 valence electrons. The number of halogens is 1. The summed E-state index contributed by atoms with van der Waals surface area (Å²) in [7, 11) is 1.57. The molecule has 0 aliphatic heterocycles. The molecule has 0 spiro atoms. The molecule has 0 radical (unpaired) electrons. The standard InChI is InChI=1S/C15H14ClNO3/c1-19-13-6-10-11(16)2-5-17-12(10)7-14(13)20-9-15(8-18)3-4-15/h2,5-8H,3-4,9H2,1H3. The van der Waals surface area contributed by atoms with Crippen LogP contribution in [0.1, 0.15) is 12.8 Å². The highest BCUT2D eigenvalue weighted by Gasteiger charge is 2.43. The number of carbonyl (C=O) groups excluding carboxylic acids is 1. The van der Waals surface area contributed by atoms with Crippen LogP contribution in [-0.2, 0) is 4.79 Å². The minimum absolute atomic E-state index is 0.304. The predicted octanol–water partition coefficient (Wildman–Crippen LogP) is 3.25. The van der Waals surface area contributed by atoms with Gasteiger partial charge in [0.2, 0.25) is 0 Å². The number of aldehydes is 1. The third-order valence-electron chi connectivity index (χ3n) is 3.63. The monoisotopic (exact) mass is 291 g/mol. The van der Waals surface area contributed by atoms with Crippen LogP contribution in [0.25, 0.3) is 10.9 Å². The molecule has 1 aliphatic carbocycles. The molecule has 1 saturated carbocycles.